The molecule has 0 aliphatic heterocycles. The van der Waals surface area contributed by atoms with Crippen LogP contribution in [-0.2, 0) is 6.54 Å². The molecule has 0 atom stereocenters. The van der Waals surface area contributed by atoms with E-state index in [1.165, 1.54) is 11.1 Å². The molecule has 0 aliphatic rings. The number of hydrogen-bond donors (Lipinski definition) is 0. The van der Waals surface area contributed by atoms with E-state index >= 15 is 0 Å². The average molecular weight is 337 g/mol. The van der Waals surface area contributed by atoms with Crippen molar-refractivity contribution in [2.45, 2.75) is 27.3 Å². The number of hydrogen-bond acceptors (Lipinski definition) is 3. The Morgan fingerprint density at radius 2 is 1.88 bits per heavy atom. The van der Waals surface area contributed by atoms with Gasteiger partial charge >= 0.3 is 0 Å². The monoisotopic (exact) mass is 337 g/mol. The summed E-state index contributed by atoms with van der Waals surface area (Å²) < 4.78 is 11.0. The fourth-order valence-corrected chi connectivity index (χ4v) is 3.13. The van der Waals surface area contributed by atoms with Crippen molar-refractivity contribution in [3.63, 3.8) is 0 Å². The number of ether oxygens (including phenoxy) is 1. The molecule has 0 saturated heterocycles. The third-order valence-electron chi connectivity index (χ3n) is 4.54. The van der Waals surface area contributed by atoms with Crippen molar-refractivity contribution in [2.24, 2.45) is 0 Å². The van der Waals surface area contributed by atoms with E-state index in [0.29, 0.717) is 29.2 Å². The van der Waals surface area contributed by atoms with Crippen molar-refractivity contribution in [3.05, 3.63) is 64.4 Å². The van der Waals surface area contributed by atoms with Gasteiger partial charge in [-0.05, 0) is 50.1 Å². The molecule has 0 saturated carbocycles. The summed E-state index contributed by atoms with van der Waals surface area (Å²) in [5, 5.41) is 0.786. The predicted octanol–water partition coefficient (Wildman–Crippen LogP) is 4.64. The second-order valence-corrected chi connectivity index (χ2v) is 6.49. The minimum Gasteiger partial charge on any atom is -0.497 e. The number of amides is 1. The molecule has 1 aromatic heterocycles. The van der Waals surface area contributed by atoms with E-state index < -0.39 is 0 Å². The van der Waals surface area contributed by atoms with E-state index in [1.807, 2.05) is 32.2 Å². The smallest absolute Gasteiger partial charge is 0.258 e. The first-order valence-electron chi connectivity index (χ1n) is 8.29. The molecule has 130 valence electrons. The van der Waals surface area contributed by atoms with Crippen LogP contribution in [-0.4, -0.2) is 25.0 Å². The number of carbonyl (C=O) groups excluding carboxylic acids is 1. The van der Waals surface area contributed by atoms with Crippen molar-refractivity contribution < 1.29 is 13.9 Å². The summed E-state index contributed by atoms with van der Waals surface area (Å²) in [7, 11) is 3.43. The average Bonchev–Trinajstić information content (AvgIpc) is 2.91. The van der Waals surface area contributed by atoms with Crippen LogP contribution in [0.1, 0.15) is 32.8 Å². The predicted molar refractivity (Wildman–Crippen MR) is 99.2 cm³/mol. The molecule has 4 heteroatoms. The zero-order valence-corrected chi connectivity index (χ0v) is 15.3. The zero-order chi connectivity index (χ0) is 18.1. The fourth-order valence-electron chi connectivity index (χ4n) is 3.13. The molecule has 2 aromatic carbocycles. The van der Waals surface area contributed by atoms with Crippen LogP contribution in [0.25, 0.3) is 11.0 Å². The van der Waals surface area contributed by atoms with Gasteiger partial charge in [-0.2, -0.15) is 0 Å². The Morgan fingerprint density at radius 3 is 2.56 bits per heavy atom. The summed E-state index contributed by atoms with van der Waals surface area (Å²) in [4.78, 5) is 14.8. The molecule has 0 aliphatic carbocycles. The maximum Gasteiger partial charge on any atom is 0.258 e. The van der Waals surface area contributed by atoms with Gasteiger partial charge in [0.1, 0.15) is 17.1 Å². The molecule has 4 nitrogen and oxygen atoms in total. The van der Waals surface area contributed by atoms with Crippen molar-refractivity contribution in [1.82, 2.24) is 4.90 Å². The standard InChI is InChI=1S/C21H23NO3/c1-13-6-7-16(14(2)10-13)12-22(4)21(23)20-15(3)25-19-9-8-17(24-5)11-18(19)20/h6-11H,12H2,1-5H3. The summed E-state index contributed by atoms with van der Waals surface area (Å²) in [5.41, 5.74) is 4.85. The Labute approximate surface area is 148 Å². The van der Waals surface area contributed by atoms with Crippen LogP contribution in [0.15, 0.2) is 40.8 Å². The number of rotatable bonds is 4. The minimum absolute atomic E-state index is 0.0514. The Morgan fingerprint density at radius 1 is 1.12 bits per heavy atom. The highest BCUT2D eigenvalue weighted by Crippen LogP contribution is 2.30. The van der Waals surface area contributed by atoms with Crippen LogP contribution in [0.5, 0.6) is 5.75 Å². The molecule has 0 fully saturated rings. The highest BCUT2D eigenvalue weighted by Gasteiger charge is 2.22. The third kappa shape index (κ3) is 3.25. The van der Waals surface area contributed by atoms with E-state index in [2.05, 4.69) is 32.0 Å². The van der Waals surface area contributed by atoms with Gasteiger partial charge in [0.25, 0.3) is 5.91 Å². The normalized spacial score (nSPS) is 10.9. The first kappa shape index (κ1) is 17.1. The molecule has 25 heavy (non-hydrogen) atoms. The SMILES string of the molecule is COc1ccc2oc(C)c(C(=O)N(C)Cc3ccc(C)cc3C)c2c1. The quantitative estimate of drug-likeness (QED) is 0.696. The summed E-state index contributed by atoms with van der Waals surface area (Å²) in [6.07, 6.45) is 0. The maximum atomic E-state index is 13.0. The highest BCUT2D eigenvalue weighted by atomic mass is 16.5. The Hall–Kier alpha value is -2.75. The second-order valence-electron chi connectivity index (χ2n) is 6.49. The van der Waals surface area contributed by atoms with Crippen LogP contribution in [0.3, 0.4) is 0 Å². The summed E-state index contributed by atoms with van der Waals surface area (Å²) in [6, 6.07) is 11.8. The van der Waals surface area contributed by atoms with E-state index in [1.54, 1.807) is 12.0 Å². The lowest BCUT2D eigenvalue weighted by Crippen LogP contribution is -2.26. The van der Waals surface area contributed by atoms with Gasteiger partial charge in [0.15, 0.2) is 0 Å². The number of aryl methyl sites for hydroxylation is 3. The second kappa shape index (κ2) is 6.63. The van der Waals surface area contributed by atoms with Gasteiger partial charge in [-0.3, -0.25) is 4.79 Å². The van der Waals surface area contributed by atoms with Crippen molar-refractivity contribution in [1.29, 1.82) is 0 Å². The van der Waals surface area contributed by atoms with E-state index in [4.69, 9.17) is 9.15 Å². The highest BCUT2D eigenvalue weighted by molar-refractivity contribution is 6.07. The number of furan rings is 1. The topological polar surface area (TPSA) is 42.7 Å². The number of benzene rings is 2. The van der Waals surface area contributed by atoms with Crippen molar-refractivity contribution in [3.8, 4) is 5.75 Å². The molecule has 0 unspecified atom stereocenters. The first-order chi connectivity index (χ1) is 11.9. The minimum atomic E-state index is -0.0514. The van der Waals surface area contributed by atoms with Gasteiger partial charge in [-0.25, -0.2) is 0 Å². The van der Waals surface area contributed by atoms with Gasteiger partial charge in [-0.1, -0.05) is 23.8 Å². The number of methoxy groups -OCH3 is 1. The molecule has 0 radical (unpaired) electrons. The molecule has 0 N–H and O–H groups in total. The molecular formula is C21H23NO3. The van der Waals surface area contributed by atoms with Crippen LogP contribution >= 0.6 is 0 Å². The van der Waals surface area contributed by atoms with Gasteiger partial charge in [0, 0.05) is 19.0 Å². The molecule has 3 rings (SSSR count). The largest absolute Gasteiger partial charge is 0.497 e. The van der Waals surface area contributed by atoms with Gasteiger partial charge in [0.05, 0.1) is 12.7 Å². The summed E-state index contributed by atoms with van der Waals surface area (Å²) >= 11 is 0. The summed E-state index contributed by atoms with van der Waals surface area (Å²) in [6.45, 7) is 6.52. The van der Waals surface area contributed by atoms with Crippen LogP contribution < -0.4 is 4.74 Å². The first-order valence-corrected chi connectivity index (χ1v) is 8.29. The molecule has 1 heterocycles. The van der Waals surface area contributed by atoms with Crippen molar-refractivity contribution in [2.75, 3.05) is 14.2 Å². The zero-order valence-electron chi connectivity index (χ0n) is 15.3. The lowest BCUT2D eigenvalue weighted by atomic mass is 10.0. The van der Waals surface area contributed by atoms with Crippen molar-refractivity contribution >= 4 is 16.9 Å². The Bertz CT molecular complexity index is 940. The van der Waals surface area contributed by atoms with E-state index in [0.717, 1.165) is 10.9 Å². The number of fused-ring (bicyclic) bond motifs is 1. The molecule has 0 bridgehead atoms. The van der Waals surface area contributed by atoms with Gasteiger partial charge in [0.2, 0.25) is 0 Å². The lowest BCUT2D eigenvalue weighted by molar-refractivity contribution is 0.0785. The third-order valence-corrected chi connectivity index (χ3v) is 4.54. The number of nitrogens with zero attached hydrogens (tertiary/aromatic N) is 1. The number of carbonyl (C=O) groups is 1. The van der Waals surface area contributed by atoms with Crippen LogP contribution in [0.4, 0.5) is 0 Å². The lowest BCUT2D eigenvalue weighted by Gasteiger charge is -2.19. The molecule has 0 spiro atoms. The molecule has 1 amide bonds. The van der Waals surface area contributed by atoms with Gasteiger partial charge in [-0.15, -0.1) is 0 Å². The molecule has 3 aromatic rings. The summed E-state index contributed by atoms with van der Waals surface area (Å²) in [5.74, 6) is 1.28. The molecular weight excluding hydrogens is 314 g/mol. The maximum absolute atomic E-state index is 13.0. The van der Waals surface area contributed by atoms with E-state index in [9.17, 15) is 4.79 Å². The Kier molecular flexibility index (Phi) is 4.53. The Balaban J connectivity index is 1.94. The van der Waals surface area contributed by atoms with Crippen LogP contribution in [0.2, 0.25) is 0 Å². The van der Waals surface area contributed by atoms with Gasteiger partial charge < -0.3 is 14.1 Å². The van der Waals surface area contributed by atoms with Crippen LogP contribution in [0, 0.1) is 20.8 Å². The fraction of sp³-hybridized carbons (Fsp3) is 0.286. The van der Waals surface area contributed by atoms with E-state index in [-0.39, 0.29) is 5.91 Å².